The van der Waals surface area contributed by atoms with Gasteiger partial charge >= 0.3 is 0 Å². The lowest BCUT2D eigenvalue weighted by Gasteiger charge is -2.26. The molecule has 1 aromatic rings. The Bertz CT molecular complexity index is 432. The first-order chi connectivity index (χ1) is 9.36. The van der Waals surface area contributed by atoms with Crippen molar-refractivity contribution in [3.63, 3.8) is 0 Å². The van der Waals surface area contributed by atoms with Crippen LogP contribution >= 0.6 is 12.4 Å². The molecule has 0 spiro atoms. The van der Waals surface area contributed by atoms with E-state index in [9.17, 15) is 4.79 Å². The quantitative estimate of drug-likeness (QED) is 0.848. The van der Waals surface area contributed by atoms with Crippen LogP contribution in [-0.4, -0.2) is 19.1 Å². The van der Waals surface area contributed by atoms with Crippen LogP contribution in [0.5, 0.6) is 5.75 Å². The van der Waals surface area contributed by atoms with E-state index in [1.54, 1.807) is 7.11 Å². The minimum Gasteiger partial charge on any atom is -0.497 e. The molecule has 0 bridgehead atoms. The molecule has 0 fully saturated rings. The van der Waals surface area contributed by atoms with Crippen LogP contribution in [0.15, 0.2) is 24.3 Å². The van der Waals surface area contributed by atoms with Crippen molar-refractivity contribution in [3.8, 4) is 5.75 Å². The smallest absolute Gasteiger partial charge is 0.224 e. The molecule has 3 unspecified atom stereocenters. The van der Waals surface area contributed by atoms with Crippen LogP contribution in [0.3, 0.4) is 0 Å². The van der Waals surface area contributed by atoms with Gasteiger partial charge in [-0.15, -0.1) is 12.4 Å². The Labute approximate surface area is 133 Å². The summed E-state index contributed by atoms with van der Waals surface area (Å²) in [5.74, 6) is 0.906. The number of benzene rings is 1. The molecule has 0 saturated carbocycles. The van der Waals surface area contributed by atoms with Gasteiger partial charge in [0.1, 0.15) is 5.75 Å². The first kappa shape index (κ1) is 19.7. The SMILES string of the molecule is COc1ccc(C(NC(=O)C(C)C(C)N)C(C)C)cc1.Cl. The summed E-state index contributed by atoms with van der Waals surface area (Å²) >= 11 is 0. The standard InChI is InChI=1S/C16H26N2O2.ClH/c1-10(2)15(18-16(19)11(3)12(4)17)13-6-8-14(20-5)9-7-13;/h6-12,15H,17H2,1-5H3,(H,18,19);1H. The number of carbonyl (C=O) groups excluding carboxylic acids is 1. The summed E-state index contributed by atoms with van der Waals surface area (Å²) in [6.07, 6.45) is 0. The number of hydrogen-bond acceptors (Lipinski definition) is 3. The lowest BCUT2D eigenvalue weighted by atomic mass is 9.94. The Morgan fingerprint density at radius 3 is 2.05 bits per heavy atom. The third-order valence-electron chi connectivity index (χ3n) is 3.64. The molecular weight excluding hydrogens is 288 g/mol. The van der Waals surface area contributed by atoms with Gasteiger partial charge in [-0.1, -0.05) is 32.9 Å². The second kappa shape index (κ2) is 8.90. The first-order valence-electron chi connectivity index (χ1n) is 7.06. The van der Waals surface area contributed by atoms with Crippen LogP contribution in [-0.2, 0) is 4.79 Å². The highest BCUT2D eigenvalue weighted by molar-refractivity contribution is 5.85. The van der Waals surface area contributed by atoms with Crippen LogP contribution < -0.4 is 15.8 Å². The Kier molecular flexibility index (Phi) is 8.37. The van der Waals surface area contributed by atoms with E-state index in [1.807, 2.05) is 38.1 Å². The first-order valence-corrected chi connectivity index (χ1v) is 7.06. The summed E-state index contributed by atoms with van der Waals surface area (Å²) in [5, 5.41) is 3.09. The highest BCUT2D eigenvalue weighted by Crippen LogP contribution is 2.24. The van der Waals surface area contributed by atoms with Crippen molar-refractivity contribution in [1.82, 2.24) is 5.32 Å². The fraction of sp³-hybridized carbons (Fsp3) is 0.562. The molecule has 4 nitrogen and oxygen atoms in total. The van der Waals surface area contributed by atoms with Gasteiger partial charge in [0.05, 0.1) is 13.2 Å². The zero-order valence-corrected chi connectivity index (χ0v) is 14.2. The van der Waals surface area contributed by atoms with Crippen LogP contribution in [0, 0.1) is 11.8 Å². The molecule has 0 saturated heterocycles. The molecule has 5 heteroatoms. The van der Waals surface area contributed by atoms with Crippen molar-refractivity contribution in [2.24, 2.45) is 17.6 Å². The summed E-state index contributed by atoms with van der Waals surface area (Å²) in [5.41, 5.74) is 6.86. The predicted octanol–water partition coefficient (Wildman–Crippen LogP) is 2.91. The fourth-order valence-corrected chi connectivity index (χ4v) is 1.97. The average molecular weight is 315 g/mol. The largest absolute Gasteiger partial charge is 0.497 e. The van der Waals surface area contributed by atoms with E-state index in [4.69, 9.17) is 10.5 Å². The Morgan fingerprint density at radius 1 is 1.14 bits per heavy atom. The lowest BCUT2D eigenvalue weighted by molar-refractivity contribution is -0.126. The molecule has 1 amide bonds. The molecular formula is C16H27ClN2O2. The summed E-state index contributed by atoms with van der Waals surface area (Å²) in [4.78, 5) is 12.2. The number of carbonyl (C=O) groups is 1. The predicted molar refractivity (Wildman–Crippen MR) is 88.8 cm³/mol. The minimum atomic E-state index is -0.200. The van der Waals surface area contributed by atoms with Gasteiger partial charge < -0.3 is 15.8 Å². The molecule has 120 valence electrons. The number of nitrogens with two attached hydrogens (primary N) is 1. The van der Waals surface area contributed by atoms with Crippen molar-refractivity contribution in [3.05, 3.63) is 29.8 Å². The number of amides is 1. The van der Waals surface area contributed by atoms with Gasteiger partial charge in [-0.3, -0.25) is 4.79 Å². The second-order valence-corrected chi connectivity index (χ2v) is 5.65. The molecule has 1 rings (SSSR count). The number of rotatable bonds is 6. The minimum absolute atomic E-state index is 0. The van der Waals surface area contributed by atoms with E-state index in [-0.39, 0.29) is 36.3 Å². The third-order valence-corrected chi connectivity index (χ3v) is 3.64. The van der Waals surface area contributed by atoms with E-state index >= 15 is 0 Å². The summed E-state index contributed by atoms with van der Waals surface area (Å²) in [6, 6.07) is 7.62. The number of ether oxygens (including phenoxy) is 1. The summed E-state index contributed by atoms with van der Waals surface area (Å²) < 4.78 is 5.16. The number of methoxy groups -OCH3 is 1. The van der Waals surface area contributed by atoms with Crippen LogP contribution in [0.25, 0.3) is 0 Å². The van der Waals surface area contributed by atoms with Crippen molar-refractivity contribution in [2.75, 3.05) is 7.11 Å². The number of hydrogen-bond donors (Lipinski definition) is 2. The highest BCUT2D eigenvalue weighted by atomic mass is 35.5. The lowest BCUT2D eigenvalue weighted by Crippen LogP contribution is -2.41. The highest BCUT2D eigenvalue weighted by Gasteiger charge is 2.23. The third kappa shape index (κ3) is 5.56. The van der Waals surface area contributed by atoms with Gasteiger partial charge in [0.25, 0.3) is 0 Å². The average Bonchev–Trinajstić information content (AvgIpc) is 2.43. The van der Waals surface area contributed by atoms with Crippen molar-refractivity contribution in [1.29, 1.82) is 0 Å². The van der Waals surface area contributed by atoms with Gasteiger partial charge in [-0.2, -0.15) is 0 Å². The molecule has 21 heavy (non-hydrogen) atoms. The van der Waals surface area contributed by atoms with Crippen molar-refractivity contribution < 1.29 is 9.53 Å². The van der Waals surface area contributed by atoms with E-state index < -0.39 is 0 Å². The number of nitrogens with one attached hydrogen (secondary N) is 1. The van der Waals surface area contributed by atoms with E-state index in [2.05, 4.69) is 19.2 Å². The van der Waals surface area contributed by atoms with Crippen molar-refractivity contribution in [2.45, 2.75) is 39.8 Å². The maximum Gasteiger partial charge on any atom is 0.224 e. The zero-order valence-electron chi connectivity index (χ0n) is 13.4. The number of halogens is 1. The maximum atomic E-state index is 12.2. The van der Waals surface area contributed by atoms with Crippen LogP contribution in [0.1, 0.15) is 39.3 Å². The van der Waals surface area contributed by atoms with E-state index in [0.717, 1.165) is 11.3 Å². The fourth-order valence-electron chi connectivity index (χ4n) is 1.97. The van der Waals surface area contributed by atoms with Gasteiger partial charge in [0.15, 0.2) is 0 Å². The van der Waals surface area contributed by atoms with Gasteiger partial charge in [-0.25, -0.2) is 0 Å². The monoisotopic (exact) mass is 314 g/mol. The molecule has 0 aliphatic carbocycles. The Hall–Kier alpha value is -1.26. The molecule has 0 heterocycles. The van der Waals surface area contributed by atoms with Crippen molar-refractivity contribution >= 4 is 18.3 Å². The molecule has 3 atom stereocenters. The van der Waals surface area contributed by atoms with Gasteiger partial charge in [-0.05, 0) is 30.5 Å². The molecule has 1 aromatic carbocycles. The topological polar surface area (TPSA) is 64.3 Å². The molecule has 0 aliphatic heterocycles. The van der Waals surface area contributed by atoms with E-state index in [1.165, 1.54) is 0 Å². The summed E-state index contributed by atoms with van der Waals surface area (Å²) in [6.45, 7) is 7.88. The molecule has 0 aliphatic rings. The molecule has 0 radical (unpaired) electrons. The van der Waals surface area contributed by atoms with Gasteiger partial charge in [0.2, 0.25) is 5.91 Å². The normalized spacial score (nSPS) is 14.8. The van der Waals surface area contributed by atoms with Gasteiger partial charge in [0, 0.05) is 12.0 Å². The van der Waals surface area contributed by atoms with Crippen LogP contribution in [0.2, 0.25) is 0 Å². The zero-order chi connectivity index (χ0) is 15.3. The Balaban J connectivity index is 0.00000400. The summed E-state index contributed by atoms with van der Waals surface area (Å²) in [7, 11) is 1.64. The molecule has 3 N–H and O–H groups in total. The van der Waals surface area contributed by atoms with E-state index in [0.29, 0.717) is 5.92 Å². The van der Waals surface area contributed by atoms with Crippen LogP contribution in [0.4, 0.5) is 0 Å². The molecule has 0 aromatic heterocycles. The second-order valence-electron chi connectivity index (χ2n) is 5.65. The Morgan fingerprint density at radius 2 is 1.67 bits per heavy atom. The maximum absolute atomic E-state index is 12.2.